The van der Waals surface area contributed by atoms with Crippen molar-refractivity contribution in [1.82, 2.24) is 9.88 Å². The third kappa shape index (κ3) is 4.79. The minimum absolute atomic E-state index is 0.0257. The molecule has 0 bridgehead atoms. The summed E-state index contributed by atoms with van der Waals surface area (Å²) in [6.45, 7) is 0.864. The van der Waals surface area contributed by atoms with E-state index in [1.165, 1.54) is 18.4 Å². The molecule has 1 aliphatic heterocycles. The van der Waals surface area contributed by atoms with E-state index in [0.717, 1.165) is 25.0 Å². The van der Waals surface area contributed by atoms with Crippen LogP contribution in [0, 0.1) is 5.92 Å². The largest absolute Gasteiger partial charge is 0.484 e. The van der Waals surface area contributed by atoms with E-state index >= 15 is 0 Å². The van der Waals surface area contributed by atoms with Crippen molar-refractivity contribution in [2.24, 2.45) is 5.92 Å². The lowest BCUT2D eigenvalue weighted by molar-refractivity contribution is -0.137. The van der Waals surface area contributed by atoms with E-state index in [1.54, 1.807) is 4.90 Å². The molecule has 9 heteroatoms. The van der Waals surface area contributed by atoms with Gasteiger partial charge in [-0.25, -0.2) is 4.98 Å². The van der Waals surface area contributed by atoms with Crippen LogP contribution in [-0.2, 0) is 12.8 Å². The second-order valence-corrected chi connectivity index (χ2v) is 6.38. The maximum Gasteiger partial charge on any atom is 0.416 e. The molecule has 1 aromatic carbocycles. The predicted octanol–water partition coefficient (Wildman–Crippen LogP) is 3.12. The molecule has 0 spiro atoms. The summed E-state index contributed by atoms with van der Waals surface area (Å²) >= 11 is 0. The molecule has 2 aromatic rings. The van der Waals surface area contributed by atoms with Crippen LogP contribution >= 0.6 is 0 Å². The Hall–Kier alpha value is -2.55. The Morgan fingerprint density at radius 1 is 1.41 bits per heavy atom. The van der Waals surface area contributed by atoms with E-state index < -0.39 is 11.7 Å². The van der Waals surface area contributed by atoms with Crippen molar-refractivity contribution in [2.45, 2.75) is 25.6 Å². The van der Waals surface area contributed by atoms with Gasteiger partial charge in [-0.2, -0.15) is 13.2 Å². The molecule has 1 atom stereocenters. The minimum Gasteiger partial charge on any atom is -0.484 e. The van der Waals surface area contributed by atoms with Gasteiger partial charge in [0.05, 0.1) is 5.56 Å². The van der Waals surface area contributed by atoms with E-state index in [2.05, 4.69) is 4.98 Å². The highest BCUT2D eigenvalue weighted by atomic mass is 19.4. The van der Waals surface area contributed by atoms with E-state index in [-0.39, 0.29) is 42.4 Å². The summed E-state index contributed by atoms with van der Waals surface area (Å²) < 4.78 is 48.6. The highest BCUT2D eigenvalue weighted by Gasteiger charge is 2.30. The molecule has 1 N–H and O–H groups in total. The smallest absolute Gasteiger partial charge is 0.416 e. The average molecular weight is 384 g/mol. The van der Waals surface area contributed by atoms with Gasteiger partial charge in [0.2, 0.25) is 5.89 Å². The molecule has 1 saturated heterocycles. The van der Waals surface area contributed by atoms with Gasteiger partial charge < -0.3 is 19.2 Å². The first-order chi connectivity index (χ1) is 12.9. The van der Waals surface area contributed by atoms with Gasteiger partial charge in [-0.05, 0) is 37.0 Å². The molecule has 27 heavy (non-hydrogen) atoms. The van der Waals surface area contributed by atoms with Gasteiger partial charge in [0.25, 0.3) is 5.91 Å². The molecule has 0 radical (unpaired) electrons. The molecule has 1 amide bonds. The van der Waals surface area contributed by atoms with Crippen LogP contribution in [0.25, 0.3) is 0 Å². The fraction of sp³-hybridized carbons (Fsp3) is 0.444. The first-order valence-corrected chi connectivity index (χ1v) is 8.51. The predicted molar refractivity (Wildman–Crippen MR) is 88.0 cm³/mol. The number of halogens is 3. The SMILES string of the molecule is O=C(c1coc(COc2cccc(C(F)(F)F)c2)n1)N1CCC[C@@H](CO)C1. The summed E-state index contributed by atoms with van der Waals surface area (Å²) in [4.78, 5) is 18.1. The maximum atomic E-state index is 12.7. The Morgan fingerprint density at radius 3 is 2.96 bits per heavy atom. The Kier molecular flexibility index (Phi) is 5.69. The highest BCUT2D eigenvalue weighted by molar-refractivity contribution is 5.92. The first-order valence-electron chi connectivity index (χ1n) is 8.51. The van der Waals surface area contributed by atoms with E-state index in [0.29, 0.717) is 13.1 Å². The van der Waals surface area contributed by atoms with Gasteiger partial charge >= 0.3 is 6.18 Å². The summed E-state index contributed by atoms with van der Waals surface area (Å²) in [5.74, 6) is -0.135. The second-order valence-electron chi connectivity index (χ2n) is 6.38. The molecule has 0 unspecified atom stereocenters. The zero-order valence-corrected chi connectivity index (χ0v) is 14.4. The maximum absolute atomic E-state index is 12.7. The number of alkyl halides is 3. The number of rotatable bonds is 5. The number of hydrogen-bond acceptors (Lipinski definition) is 5. The van der Waals surface area contributed by atoms with Crippen molar-refractivity contribution in [3.8, 4) is 5.75 Å². The first kappa shape index (κ1) is 19.2. The van der Waals surface area contributed by atoms with Crippen LogP contribution in [0.4, 0.5) is 13.2 Å². The van der Waals surface area contributed by atoms with Gasteiger partial charge in [0.1, 0.15) is 12.0 Å². The number of amides is 1. The third-order valence-corrected chi connectivity index (χ3v) is 4.36. The lowest BCUT2D eigenvalue weighted by Crippen LogP contribution is -2.41. The van der Waals surface area contributed by atoms with Crippen LogP contribution in [0.3, 0.4) is 0 Å². The number of aliphatic hydroxyl groups is 1. The van der Waals surface area contributed by atoms with Crippen molar-refractivity contribution in [3.05, 3.63) is 47.7 Å². The highest BCUT2D eigenvalue weighted by Crippen LogP contribution is 2.31. The van der Waals surface area contributed by atoms with E-state index in [1.807, 2.05) is 0 Å². The number of carbonyl (C=O) groups excluding carboxylic acids is 1. The van der Waals surface area contributed by atoms with Crippen molar-refractivity contribution < 1.29 is 32.2 Å². The zero-order chi connectivity index (χ0) is 19.4. The van der Waals surface area contributed by atoms with Gasteiger partial charge in [0.15, 0.2) is 12.3 Å². The molecule has 2 heterocycles. The van der Waals surface area contributed by atoms with Crippen molar-refractivity contribution in [3.63, 3.8) is 0 Å². The van der Waals surface area contributed by atoms with Crippen molar-refractivity contribution >= 4 is 5.91 Å². The Labute approximate surface area is 153 Å². The molecule has 6 nitrogen and oxygen atoms in total. The number of piperidine rings is 1. The molecular weight excluding hydrogens is 365 g/mol. The Balaban J connectivity index is 1.60. The van der Waals surface area contributed by atoms with Gasteiger partial charge in [0, 0.05) is 19.7 Å². The van der Waals surface area contributed by atoms with Crippen LogP contribution in [0.1, 0.15) is 34.8 Å². The number of hydrogen-bond donors (Lipinski definition) is 1. The molecular formula is C18H19F3N2O4. The van der Waals surface area contributed by atoms with Gasteiger partial charge in [-0.3, -0.25) is 4.79 Å². The van der Waals surface area contributed by atoms with E-state index in [4.69, 9.17) is 9.15 Å². The number of oxazole rings is 1. The summed E-state index contributed by atoms with van der Waals surface area (Å²) in [5.41, 5.74) is -0.706. The number of carbonyl (C=O) groups is 1. The second kappa shape index (κ2) is 7.99. The van der Waals surface area contributed by atoms with Gasteiger partial charge in [-0.1, -0.05) is 6.07 Å². The molecule has 0 aliphatic carbocycles. The normalized spacial score (nSPS) is 17.8. The molecule has 0 saturated carbocycles. The third-order valence-electron chi connectivity index (χ3n) is 4.36. The number of nitrogens with zero attached hydrogens (tertiary/aromatic N) is 2. The Bertz CT molecular complexity index is 791. The lowest BCUT2D eigenvalue weighted by Gasteiger charge is -2.31. The topological polar surface area (TPSA) is 75.8 Å². The fourth-order valence-corrected chi connectivity index (χ4v) is 2.94. The molecule has 1 fully saturated rings. The van der Waals surface area contributed by atoms with E-state index in [9.17, 15) is 23.1 Å². The number of ether oxygens (including phenoxy) is 1. The molecule has 146 valence electrons. The summed E-state index contributed by atoms with van der Waals surface area (Å²) in [7, 11) is 0. The average Bonchev–Trinajstić information content (AvgIpc) is 3.14. The lowest BCUT2D eigenvalue weighted by atomic mass is 9.99. The van der Waals surface area contributed by atoms with Crippen LogP contribution in [0.2, 0.25) is 0 Å². The summed E-state index contributed by atoms with van der Waals surface area (Å²) in [5, 5.41) is 9.25. The summed E-state index contributed by atoms with van der Waals surface area (Å²) in [6, 6.07) is 4.48. The van der Waals surface area contributed by atoms with Crippen LogP contribution in [0.15, 0.2) is 34.9 Å². The number of aliphatic hydroxyl groups excluding tert-OH is 1. The van der Waals surface area contributed by atoms with Crippen molar-refractivity contribution in [2.75, 3.05) is 19.7 Å². The van der Waals surface area contributed by atoms with Crippen LogP contribution in [0.5, 0.6) is 5.75 Å². The number of benzene rings is 1. The zero-order valence-electron chi connectivity index (χ0n) is 14.4. The monoisotopic (exact) mass is 384 g/mol. The fourth-order valence-electron chi connectivity index (χ4n) is 2.94. The minimum atomic E-state index is -4.46. The molecule has 3 rings (SSSR count). The van der Waals surface area contributed by atoms with Crippen LogP contribution < -0.4 is 4.74 Å². The Morgan fingerprint density at radius 2 is 2.22 bits per heavy atom. The number of aromatic nitrogens is 1. The van der Waals surface area contributed by atoms with Crippen LogP contribution in [-0.4, -0.2) is 40.6 Å². The van der Waals surface area contributed by atoms with Gasteiger partial charge in [-0.15, -0.1) is 0 Å². The molecule has 1 aromatic heterocycles. The standard InChI is InChI=1S/C18H19F3N2O4/c19-18(20,21)13-4-1-5-14(7-13)26-11-16-22-15(10-27-16)17(25)23-6-2-3-12(8-23)9-24/h1,4-5,7,10,12,24H,2-3,6,8-9,11H2/t12-/m1/s1. The number of likely N-dealkylation sites (tertiary alicyclic amines) is 1. The quantitative estimate of drug-likeness (QED) is 0.857. The van der Waals surface area contributed by atoms with Crippen molar-refractivity contribution in [1.29, 1.82) is 0 Å². The summed E-state index contributed by atoms with van der Waals surface area (Å²) in [6.07, 6.45) is -1.58. The molecule has 1 aliphatic rings.